The number of methoxy groups -OCH3 is 2. The zero-order chi connectivity index (χ0) is 23.7. The molecule has 0 amide bonds. The summed E-state index contributed by atoms with van der Waals surface area (Å²) >= 11 is 1.45. The van der Waals surface area contributed by atoms with Gasteiger partial charge in [0.1, 0.15) is 17.1 Å². The average Bonchev–Trinajstić information content (AvgIpc) is 3.45. The maximum Gasteiger partial charge on any atom is 0.268 e. The highest BCUT2D eigenvalue weighted by Gasteiger charge is 2.23. The van der Waals surface area contributed by atoms with E-state index in [9.17, 15) is 9.90 Å². The molecule has 5 rings (SSSR count). The molecule has 0 spiro atoms. The summed E-state index contributed by atoms with van der Waals surface area (Å²) in [6.07, 6.45) is 6.58. The van der Waals surface area contributed by atoms with Crippen LogP contribution in [0, 0.1) is 0 Å². The van der Waals surface area contributed by atoms with Crippen molar-refractivity contribution >= 4 is 27.4 Å². The van der Waals surface area contributed by atoms with Crippen LogP contribution in [0.15, 0.2) is 40.7 Å². The highest BCUT2D eigenvalue weighted by Crippen LogP contribution is 2.36. The van der Waals surface area contributed by atoms with Crippen molar-refractivity contribution in [3.05, 3.63) is 57.7 Å². The van der Waals surface area contributed by atoms with Gasteiger partial charge in [-0.15, -0.1) is 0 Å². The summed E-state index contributed by atoms with van der Waals surface area (Å²) in [4.78, 5) is 25.0. The Hall–Kier alpha value is -3.01. The molecule has 8 nitrogen and oxygen atoms in total. The van der Waals surface area contributed by atoms with E-state index in [1.54, 1.807) is 20.3 Å². The van der Waals surface area contributed by atoms with Crippen molar-refractivity contribution < 1.29 is 14.6 Å². The molecule has 2 aliphatic rings. The first-order valence-electron chi connectivity index (χ1n) is 11.5. The molecule has 1 aliphatic carbocycles. The molecule has 3 aromatic rings. The quantitative estimate of drug-likeness (QED) is 0.552. The van der Waals surface area contributed by atoms with Crippen LogP contribution in [0.4, 0.5) is 0 Å². The predicted octanol–water partition coefficient (Wildman–Crippen LogP) is 3.65. The molecule has 1 fully saturated rings. The molecule has 1 aliphatic heterocycles. The van der Waals surface area contributed by atoms with E-state index in [1.165, 1.54) is 24.4 Å². The first-order chi connectivity index (χ1) is 16.6. The summed E-state index contributed by atoms with van der Waals surface area (Å²) in [5, 5.41) is 11.4. The minimum absolute atomic E-state index is 0.0129. The standard InChI is InChI=1S/C25H28N4O4S/c1-32-15-16-8-9-19-22(20(30)14-16)27-21(24(26-19)33-2)17-6-5-7-18-23(17)34-29(25(18)31)13-12-28-10-3-4-11-28/h5-8,14,30H,3-4,9-13,15H2,1-2H3. The number of rotatable bonds is 7. The lowest BCUT2D eigenvalue weighted by Gasteiger charge is -2.13. The van der Waals surface area contributed by atoms with Gasteiger partial charge in [-0.1, -0.05) is 29.7 Å². The van der Waals surface area contributed by atoms with E-state index in [-0.39, 0.29) is 11.3 Å². The summed E-state index contributed by atoms with van der Waals surface area (Å²) < 4.78 is 13.5. The first-order valence-corrected chi connectivity index (χ1v) is 12.3. The van der Waals surface area contributed by atoms with Crippen molar-refractivity contribution in [3.8, 4) is 17.1 Å². The molecule has 34 heavy (non-hydrogen) atoms. The Morgan fingerprint density at radius 1 is 1.12 bits per heavy atom. The maximum absolute atomic E-state index is 13.1. The van der Waals surface area contributed by atoms with Crippen LogP contribution in [0.25, 0.3) is 27.1 Å². The number of allylic oxidation sites excluding steroid dienone is 1. The van der Waals surface area contributed by atoms with Crippen LogP contribution in [0.5, 0.6) is 5.88 Å². The molecule has 0 radical (unpaired) electrons. The third kappa shape index (κ3) is 4.26. The zero-order valence-corrected chi connectivity index (χ0v) is 20.2. The molecule has 1 aromatic carbocycles. The average molecular weight is 481 g/mol. The van der Waals surface area contributed by atoms with Gasteiger partial charge < -0.3 is 19.5 Å². The van der Waals surface area contributed by atoms with Crippen LogP contribution in [0.3, 0.4) is 0 Å². The Morgan fingerprint density at radius 2 is 1.94 bits per heavy atom. The minimum Gasteiger partial charge on any atom is -0.506 e. The fourth-order valence-electron chi connectivity index (χ4n) is 4.58. The molecule has 1 N–H and O–H groups in total. The van der Waals surface area contributed by atoms with Crippen molar-refractivity contribution in [1.82, 2.24) is 18.8 Å². The predicted molar refractivity (Wildman–Crippen MR) is 134 cm³/mol. The summed E-state index contributed by atoms with van der Waals surface area (Å²) in [6.45, 7) is 4.14. The van der Waals surface area contributed by atoms with Crippen molar-refractivity contribution in [2.24, 2.45) is 0 Å². The Bertz CT molecular complexity index is 1330. The summed E-state index contributed by atoms with van der Waals surface area (Å²) in [7, 11) is 3.17. The van der Waals surface area contributed by atoms with Gasteiger partial charge >= 0.3 is 0 Å². The number of fused-ring (bicyclic) bond motifs is 2. The Balaban J connectivity index is 1.57. The van der Waals surface area contributed by atoms with Gasteiger partial charge in [-0.05, 0) is 43.6 Å². The number of benzene rings is 1. The minimum atomic E-state index is 0.0129. The summed E-state index contributed by atoms with van der Waals surface area (Å²) in [6, 6.07) is 5.64. The van der Waals surface area contributed by atoms with Gasteiger partial charge in [0.05, 0.1) is 29.5 Å². The number of aromatic nitrogens is 3. The Labute approximate surface area is 201 Å². The van der Waals surface area contributed by atoms with Gasteiger partial charge in [-0.2, -0.15) is 0 Å². The normalized spacial score (nSPS) is 16.3. The fraction of sp³-hybridized carbons (Fsp3) is 0.400. The van der Waals surface area contributed by atoms with Crippen LogP contribution in [0.2, 0.25) is 0 Å². The molecular formula is C25H28N4O4S. The van der Waals surface area contributed by atoms with Crippen molar-refractivity contribution in [1.29, 1.82) is 0 Å². The van der Waals surface area contributed by atoms with E-state index in [0.717, 1.165) is 35.5 Å². The van der Waals surface area contributed by atoms with Crippen molar-refractivity contribution in [2.75, 3.05) is 40.5 Å². The van der Waals surface area contributed by atoms with Gasteiger partial charge in [0.15, 0.2) is 0 Å². The van der Waals surface area contributed by atoms with Gasteiger partial charge in [-0.25, -0.2) is 9.97 Å². The topological polar surface area (TPSA) is 89.7 Å². The number of likely N-dealkylation sites (tertiary alicyclic amines) is 1. The highest BCUT2D eigenvalue weighted by atomic mass is 32.1. The van der Waals surface area contributed by atoms with Crippen molar-refractivity contribution in [2.45, 2.75) is 25.8 Å². The van der Waals surface area contributed by atoms with Gasteiger partial charge in [0.2, 0.25) is 5.88 Å². The third-order valence-corrected chi connectivity index (χ3v) is 7.50. The number of nitrogens with zero attached hydrogens (tertiary/aromatic N) is 4. The molecule has 178 valence electrons. The smallest absolute Gasteiger partial charge is 0.268 e. The number of hydrogen-bond acceptors (Lipinski definition) is 8. The molecule has 0 atom stereocenters. The van der Waals surface area contributed by atoms with Crippen LogP contribution in [-0.2, 0) is 17.7 Å². The molecule has 0 unspecified atom stereocenters. The third-order valence-electron chi connectivity index (χ3n) is 6.31. The fourth-order valence-corrected chi connectivity index (χ4v) is 5.67. The van der Waals surface area contributed by atoms with Crippen LogP contribution in [-0.4, -0.2) is 64.4 Å². The second-order valence-electron chi connectivity index (χ2n) is 8.55. The summed E-state index contributed by atoms with van der Waals surface area (Å²) in [5.41, 5.74) is 3.19. The van der Waals surface area contributed by atoms with E-state index in [2.05, 4.69) is 9.88 Å². The Kier molecular flexibility index (Phi) is 6.49. The second kappa shape index (κ2) is 9.69. The molecule has 2 aromatic heterocycles. The number of hydrogen-bond donors (Lipinski definition) is 1. The van der Waals surface area contributed by atoms with Crippen molar-refractivity contribution in [3.63, 3.8) is 0 Å². The van der Waals surface area contributed by atoms with Gasteiger partial charge in [0.25, 0.3) is 5.56 Å². The largest absolute Gasteiger partial charge is 0.506 e. The monoisotopic (exact) mass is 480 g/mol. The Morgan fingerprint density at radius 3 is 2.71 bits per heavy atom. The maximum atomic E-state index is 13.1. The van der Waals surface area contributed by atoms with Crippen LogP contribution in [0.1, 0.15) is 24.2 Å². The van der Waals surface area contributed by atoms with E-state index < -0.39 is 0 Å². The zero-order valence-electron chi connectivity index (χ0n) is 19.4. The molecule has 9 heteroatoms. The van der Waals surface area contributed by atoms with Crippen LogP contribution < -0.4 is 10.3 Å². The van der Waals surface area contributed by atoms with Crippen LogP contribution >= 0.6 is 11.5 Å². The van der Waals surface area contributed by atoms with Gasteiger partial charge in [0, 0.05) is 32.2 Å². The lowest BCUT2D eigenvalue weighted by Crippen LogP contribution is -2.26. The molecule has 0 saturated carbocycles. The van der Waals surface area contributed by atoms with E-state index in [4.69, 9.17) is 14.5 Å². The highest BCUT2D eigenvalue weighted by molar-refractivity contribution is 7.14. The number of aliphatic hydroxyl groups is 1. The van der Waals surface area contributed by atoms with Gasteiger partial charge in [-0.3, -0.25) is 8.75 Å². The lowest BCUT2D eigenvalue weighted by molar-refractivity contribution is 0.228. The molecule has 1 saturated heterocycles. The SMILES string of the molecule is COCC1=CCc2nc(OC)c(-c3cccc4c(=O)n(CCN5CCCC5)sc34)nc2C(O)=C1. The van der Waals surface area contributed by atoms with E-state index >= 15 is 0 Å². The number of ether oxygens (including phenoxy) is 2. The number of aliphatic hydroxyl groups excluding tert-OH is 1. The lowest BCUT2D eigenvalue weighted by atomic mass is 10.1. The van der Waals surface area contributed by atoms with E-state index in [1.807, 2.05) is 28.2 Å². The molecular weight excluding hydrogens is 452 g/mol. The second-order valence-corrected chi connectivity index (χ2v) is 9.58. The van der Waals surface area contributed by atoms with E-state index in [0.29, 0.717) is 47.9 Å². The first kappa shape index (κ1) is 22.8. The summed E-state index contributed by atoms with van der Waals surface area (Å²) in [5.74, 6) is 0.405. The molecule has 0 bridgehead atoms. The molecule has 3 heterocycles.